The average molecular weight is 235 g/mol. The molecule has 1 heterocycles. The first kappa shape index (κ1) is 11.6. The molecule has 0 aliphatic rings. The van der Waals surface area contributed by atoms with E-state index in [0.29, 0.717) is 11.4 Å². The van der Waals surface area contributed by atoms with Crippen LogP contribution < -0.4 is 4.74 Å². The summed E-state index contributed by atoms with van der Waals surface area (Å²) in [5, 5.41) is 26.0. The molecule has 0 amide bonds. The van der Waals surface area contributed by atoms with Gasteiger partial charge in [-0.1, -0.05) is 5.21 Å². The lowest BCUT2D eigenvalue weighted by molar-refractivity contribution is 0.253. The number of hydrogen-bond acceptors (Lipinski definition) is 5. The summed E-state index contributed by atoms with van der Waals surface area (Å²) in [4.78, 5) is 0. The van der Waals surface area contributed by atoms with Crippen molar-refractivity contribution in [1.82, 2.24) is 15.0 Å². The monoisotopic (exact) mass is 235 g/mol. The molecule has 0 saturated carbocycles. The highest BCUT2D eigenvalue weighted by Crippen LogP contribution is 2.17. The van der Waals surface area contributed by atoms with Gasteiger partial charge in [0.05, 0.1) is 31.7 Å². The molecule has 0 atom stereocenters. The molecule has 0 saturated heterocycles. The van der Waals surface area contributed by atoms with Crippen LogP contribution in [0.25, 0.3) is 5.69 Å². The second-order valence-electron chi connectivity index (χ2n) is 3.41. The van der Waals surface area contributed by atoms with Crippen molar-refractivity contribution in [2.75, 3.05) is 7.11 Å². The molecular formula is C11H13N3O3. The quantitative estimate of drug-likeness (QED) is 0.794. The highest BCUT2D eigenvalue weighted by molar-refractivity contribution is 5.38. The van der Waals surface area contributed by atoms with E-state index < -0.39 is 0 Å². The fourth-order valence-electron chi connectivity index (χ4n) is 1.54. The van der Waals surface area contributed by atoms with Crippen LogP contribution in [-0.2, 0) is 13.2 Å². The van der Waals surface area contributed by atoms with Crippen LogP contribution in [0.1, 0.15) is 11.4 Å². The van der Waals surface area contributed by atoms with Crippen molar-refractivity contribution in [3.8, 4) is 11.4 Å². The number of ether oxygens (including phenoxy) is 1. The summed E-state index contributed by atoms with van der Waals surface area (Å²) in [7, 11) is 1.59. The summed E-state index contributed by atoms with van der Waals surface area (Å²) >= 11 is 0. The summed E-state index contributed by atoms with van der Waals surface area (Å²) in [6.07, 6.45) is 0. The van der Waals surface area contributed by atoms with Crippen molar-refractivity contribution in [1.29, 1.82) is 0 Å². The maximum absolute atomic E-state index is 9.24. The van der Waals surface area contributed by atoms with Crippen LogP contribution in [0.3, 0.4) is 0 Å². The van der Waals surface area contributed by atoms with Crippen molar-refractivity contribution < 1.29 is 14.9 Å². The third-order valence-corrected chi connectivity index (χ3v) is 2.46. The largest absolute Gasteiger partial charge is 0.497 e. The molecule has 1 aromatic heterocycles. The van der Waals surface area contributed by atoms with Crippen LogP contribution in [-0.4, -0.2) is 32.3 Å². The van der Waals surface area contributed by atoms with Crippen LogP contribution in [0.5, 0.6) is 5.75 Å². The van der Waals surface area contributed by atoms with Crippen LogP contribution in [0.2, 0.25) is 0 Å². The fraction of sp³-hybridized carbons (Fsp3) is 0.273. The summed E-state index contributed by atoms with van der Waals surface area (Å²) < 4.78 is 6.54. The Kier molecular flexibility index (Phi) is 3.36. The van der Waals surface area contributed by atoms with E-state index in [1.54, 1.807) is 31.4 Å². The lowest BCUT2D eigenvalue weighted by Gasteiger charge is -2.06. The van der Waals surface area contributed by atoms with E-state index in [-0.39, 0.29) is 13.2 Å². The first-order valence-electron chi connectivity index (χ1n) is 5.09. The molecule has 0 aliphatic heterocycles. The van der Waals surface area contributed by atoms with Gasteiger partial charge in [0.1, 0.15) is 11.4 Å². The Morgan fingerprint density at radius 1 is 1.18 bits per heavy atom. The molecule has 0 unspecified atom stereocenters. The molecule has 0 spiro atoms. The number of methoxy groups -OCH3 is 1. The number of hydrogen-bond donors (Lipinski definition) is 2. The van der Waals surface area contributed by atoms with Crippen LogP contribution in [0.15, 0.2) is 24.3 Å². The summed E-state index contributed by atoms with van der Waals surface area (Å²) in [5.74, 6) is 0.738. The zero-order valence-corrected chi connectivity index (χ0v) is 9.37. The highest BCUT2D eigenvalue weighted by Gasteiger charge is 2.12. The highest BCUT2D eigenvalue weighted by atomic mass is 16.5. The first-order valence-corrected chi connectivity index (χ1v) is 5.09. The van der Waals surface area contributed by atoms with E-state index in [4.69, 9.17) is 9.84 Å². The average Bonchev–Trinajstić information content (AvgIpc) is 2.81. The third kappa shape index (κ3) is 2.13. The maximum atomic E-state index is 9.24. The van der Waals surface area contributed by atoms with Crippen molar-refractivity contribution in [2.45, 2.75) is 13.2 Å². The number of nitrogens with zero attached hydrogens (tertiary/aromatic N) is 3. The normalized spacial score (nSPS) is 10.5. The van der Waals surface area contributed by atoms with Crippen LogP contribution in [0.4, 0.5) is 0 Å². The van der Waals surface area contributed by atoms with Gasteiger partial charge < -0.3 is 14.9 Å². The van der Waals surface area contributed by atoms with Gasteiger partial charge in [0, 0.05) is 0 Å². The number of aliphatic hydroxyl groups excluding tert-OH is 2. The van der Waals surface area contributed by atoms with Crippen molar-refractivity contribution >= 4 is 0 Å². The second kappa shape index (κ2) is 4.94. The zero-order chi connectivity index (χ0) is 12.3. The molecule has 90 valence electrons. The Labute approximate surface area is 98.1 Å². The smallest absolute Gasteiger partial charge is 0.119 e. The number of benzene rings is 1. The van der Waals surface area contributed by atoms with E-state index in [1.807, 2.05) is 0 Å². The molecule has 0 fully saturated rings. The van der Waals surface area contributed by atoms with Gasteiger partial charge in [0.15, 0.2) is 0 Å². The van der Waals surface area contributed by atoms with E-state index >= 15 is 0 Å². The van der Waals surface area contributed by atoms with Gasteiger partial charge in [-0.3, -0.25) is 0 Å². The number of aliphatic hydroxyl groups is 2. The Morgan fingerprint density at radius 2 is 1.88 bits per heavy atom. The first-order chi connectivity index (χ1) is 8.30. The lowest BCUT2D eigenvalue weighted by Crippen LogP contribution is -2.03. The number of aromatic nitrogens is 3. The minimum atomic E-state index is -0.244. The lowest BCUT2D eigenvalue weighted by atomic mass is 10.3. The minimum Gasteiger partial charge on any atom is -0.497 e. The molecule has 0 aliphatic carbocycles. The van der Waals surface area contributed by atoms with Gasteiger partial charge in [-0.15, -0.1) is 5.10 Å². The fourth-order valence-corrected chi connectivity index (χ4v) is 1.54. The summed E-state index contributed by atoms with van der Waals surface area (Å²) in [5.41, 5.74) is 1.61. The molecule has 2 rings (SSSR count). The molecule has 17 heavy (non-hydrogen) atoms. The van der Waals surface area contributed by atoms with Crippen molar-refractivity contribution in [3.05, 3.63) is 35.7 Å². The van der Waals surface area contributed by atoms with Crippen molar-refractivity contribution in [3.63, 3.8) is 0 Å². The molecule has 2 aromatic rings. The second-order valence-corrected chi connectivity index (χ2v) is 3.41. The summed E-state index contributed by atoms with van der Waals surface area (Å²) in [6.45, 7) is -0.471. The molecule has 2 N–H and O–H groups in total. The van der Waals surface area contributed by atoms with E-state index in [1.165, 1.54) is 4.68 Å². The number of rotatable bonds is 4. The van der Waals surface area contributed by atoms with Gasteiger partial charge in [-0.2, -0.15) is 0 Å². The Morgan fingerprint density at radius 3 is 2.41 bits per heavy atom. The van der Waals surface area contributed by atoms with Crippen molar-refractivity contribution in [2.24, 2.45) is 0 Å². The predicted octanol–water partition coefficient (Wildman–Crippen LogP) is 0.260. The van der Waals surface area contributed by atoms with Gasteiger partial charge in [-0.05, 0) is 24.3 Å². The van der Waals surface area contributed by atoms with E-state index in [0.717, 1.165) is 11.4 Å². The molecule has 0 radical (unpaired) electrons. The Bertz CT molecular complexity index is 493. The predicted molar refractivity (Wildman–Crippen MR) is 59.8 cm³/mol. The Balaban J connectivity index is 2.41. The Hall–Kier alpha value is -1.92. The maximum Gasteiger partial charge on any atom is 0.119 e. The standard InChI is InChI=1S/C11H13N3O3/c1-17-9-4-2-8(3-5-9)14-11(7-16)10(6-15)12-13-14/h2-5,15-16H,6-7H2,1H3. The van der Waals surface area contributed by atoms with Gasteiger partial charge in [0.2, 0.25) is 0 Å². The van der Waals surface area contributed by atoms with Crippen LogP contribution >= 0.6 is 0 Å². The van der Waals surface area contributed by atoms with Gasteiger partial charge in [0.25, 0.3) is 0 Å². The third-order valence-electron chi connectivity index (χ3n) is 2.46. The molecule has 0 bridgehead atoms. The van der Waals surface area contributed by atoms with Crippen LogP contribution in [0, 0.1) is 0 Å². The molecule has 6 heteroatoms. The molecule has 6 nitrogen and oxygen atoms in total. The van der Waals surface area contributed by atoms with Gasteiger partial charge >= 0.3 is 0 Å². The summed E-state index contributed by atoms with van der Waals surface area (Å²) in [6, 6.07) is 7.18. The van der Waals surface area contributed by atoms with E-state index in [2.05, 4.69) is 10.3 Å². The topological polar surface area (TPSA) is 80.4 Å². The zero-order valence-electron chi connectivity index (χ0n) is 9.37. The SMILES string of the molecule is COc1ccc(-n2nnc(CO)c2CO)cc1. The van der Waals surface area contributed by atoms with Gasteiger partial charge in [-0.25, -0.2) is 4.68 Å². The van der Waals surface area contributed by atoms with E-state index in [9.17, 15) is 5.11 Å². The molecular weight excluding hydrogens is 222 g/mol. The minimum absolute atomic E-state index is 0.227. The molecule has 1 aromatic carbocycles.